The molecule has 1 amide bonds. The number of aromatic nitrogens is 1. The Morgan fingerprint density at radius 1 is 1.43 bits per heavy atom. The van der Waals surface area contributed by atoms with Gasteiger partial charge in [0.05, 0.1) is 0 Å². The van der Waals surface area contributed by atoms with Crippen LogP contribution in [0.5, 0.6) is 5.75 Å². The van der Waals surface area contributed by atoms with E-state index in [1.165, 1.54) is 18.3 Å². The molecule has 7 heteroatoms. The number of ketones is 1. The Bertz CT molecular complexity index is 672. The summed E-state index contributed by atoms with van der Waals surface area (Å²) in [5, 5.41) is 5.11. The minimum absolute atomic E-state index is 0.144. The second-order valence-electron chi connectivity index (χ2n) is 4.30. The lowest BCUT2D eigenvalue weighted by molar-refractivity contribution is -0.122. The summed E-state index contributed by atoms with van der Waals surface area (Å²) in [6, 6.07) is 6.80. The van der Waals surface area contributed by atoms with Crippen LogP contribution in [0.3, 0.4) is 0 Å². The van der Waals surface area contributed by atoms with Crippen molar-refractivity contribution in [2.24, 2.45) is 0 Å². The largest absolute Gasteiger partial charge is 0.481 e. The molecule has 110 valence electrons. The zero-order chi connectivity index (χ0) is 15.4. The molecule has 0 fully saturated rings. The molecule has 1 unspecified atom stereocenters. The lowest BCUT2D eigenvalue weighted by Gasteiger charge is -2.13. The SMILES string of the molecule is CC(=O)c1csc(NC(=O)C(C)Oc2cccc(Cl)c2)n1. The number of rotatable bonds is 5. The van der Waals surface area contributed by atoms with Gasteiger partial charge in [0.1, 0.15) is 11.4 Å². The first-order valence-corrected chi connectivity index (χ1v) is 7.41. The molecule has 5 nitrogen and oxygen atoms in total. The fourth-order valence-corrected chi connectivity index (χ4v) is 2.43. The topological polar surface area (TPSA) is 68.3 Å². The predicted octanol–water partition coefficient (Wildman–Crippen LogP) is 3.41. The van der Waals surface area contributed by atoms with Gasteiger partial charge in [-0.2, -0.15) is 0 Å². The summed E-state index contributed by atoms with van der Waals surface area (Å²) in [4.78, 5) is 27.2. The first-order chi connectivity index (χ1) is 9.95. The van der Waals surface area contributed by atoms with Gasteiger partial charge in [0.2, 0.25) is 0 Å². The van der Waals surface area contributed by atoms with Gasteiger partial charge in [0.15, 0.2) is 17.0 Å². The smallest absolute Gasteiger partial charge is 0.266 e. The zero-order valence-corrected chi connectivity index (χ0v) is 13.0. The maximum Gasteiger partial charge on any atom is 0.266 e. The predicted molar refractivity (Wildman–Crippen MR) is 82.3 cm³/mol. The Kier molecular flexibility index (Phi) is 4.93. The number of Topliss-reactive ketones (excluding diaryl/α,β-unsaturated/α-hetero) is 1. The van der Waals surface area contributed by atoms with E-state index in [-0.39, 0.29) is 11.7 Å². The van der Waals surface area contributed by atoms with Gasteiger partial charge in [0.25, 0.3) is 5.91 Å². The number of hydrogen-bond donors (Lipinski definition) is 1. The molecule has 0 aliphatic heterocycles. The third kappa shape index (κ3) is 4.27. The molecule has 1 aromatic heterocycles. The molecule has 1 heterocycles. The minimum atomic E-state index is -0.715. The maximum atomic E-state index is 12.0. The van der Waals surface area contributed by atoms with Gasteiger partial charge in [-0.1, -0.05) is 17.7 Å². The first kappa shape index (κ1) is 15.5. The van der Waals surface area contributed by atoms with E-state index in [1.807, 2.05) is 0 Å². The third-order valence-electron chi connectivity index (χ3n) is 2.57. The highest BCUT2D eigenvalue weighted by molar-refractivity contribution is 7.14. The molecule has 1 aromatic carbocycles. The Balaban J connectivity index is 1.97. The lowest BCUT2D eigenvalue weighted by atomic mass is 10.3. The van der Waals surface area contributed by atoms with Crippen molar-refractivity contribution in [2.75, 3.05) is 5.32 Å². The van der Waals surface area contributed by atoms with Gasteiger partial charge < -0.3 is 4.74 Å². The Morgan fingerprint density at radius 2 is 2.19 bits per heavy atom. The average molecular weight is 325 g/mol. The molecule has 21 heavy (non-hydrogen) atoms. The van der Waals surface area contributed by atoms with Crippen LogP contribution in [-0.4, -0.2) is 22.8 Å². The van der Waals surface area contributed by atoms with Crippen molar-refractivity contribution in [2.45, 2.75) is 20.0 Å². The zero-order valence-electron chi connectivity index (χ0n) is 11.4. The third-order valence-corrected chi connectivity index (χ3v) is 3.57. The van der Waals surface area contributed by atoms with Gasteiger partial charge in [-0.3, -0.25) is 14.9 Å². The molecule has 0 saturated heterocycles. The Labute approximate surface area is 130 Å². The normalized spacial score (nSPS) is 11.8. The molecule has 0 radical (unpaired) electrons. The van der Waals surface area contributed by atoms with E-state index in [2.05, 4.69) is 10.3 Å². The number of amides is 1. The van der Waals surface area contributed by atoms with Gasteiger partial charge in [-0.05, 0) is 25.1 Å². The highest BCUT2D eigenvalue weighted by Gasteiger charge is 2.17. The number of hydrogen-bond acceptors (Lipinski definition) is 5. The highest BCUT2D eigenvalue weighted by atomic mass is 35.5. The van der Waals surface area contributed by atoms with E-state index in [9.17, 15) is 9.59 Å². The minimum Gasteiger partial charge on any atom is -0.481 e. The van der Waals surface area contributed by atoms with Gasteiger partial charge >= 0.3 is 0 Å². The summed E-state index contributed by atoms with van der Waals surface area (Å²) in [5.41, 5.74) is 0.332. The molecule has 0 bridgehead atoms. The van der Waals surface area contributed by atoms with Crippen molar-refractivity contribution < 1.29 is 14.3 Å². The molecular weight excluding hydrogens is 312 g/mol. The Morgan fingerprint density at radius 3 is 2.81 bits per heavy atom. The van der Waals surface area contributed by atoms with E-state index in [4.69, 9.17) is 16.3 Å². The highest BCUT2D eigenvalue weighted by Crippen LogP contribution is 2.20. The van der Waals surface area contributed by atoms with Crippen molar-refractivity contribution in [3.05, 3.63) is 40.4 Å². The second-order valence-corrected chi connectivity index (χ2v) is 5.60. The van der Waals surface area contributed by atoms with Crippen LogP contribution in [0.25, 0.3) is 0 Å². The molecule has 0 aliphatic rings. The summed E-state index contributed by atoms with van der Waals surface area (Å²) in [6.07, 6.45) is -0.715. The van der Waals surface area contributed by atoms with Gasteiger partial charge in [-0.15, -0.1) is 11.3 Å². The monoisotopic (exact) mass is 324 g/mol. The van der Waals surface area contributed by atoms with Crippen LogP contribution in [0.2, 0.25) is 5.02 Å². The average Bonchev–Trinajstić information content (AvgIpc) is 2.87. The summed E-state index contributed by atoms with van der Waals surface area (Å²) >= 11 is 7.04. The van der Waals surface area contributed by atoms with E-state index in [0.29, 0.717) is 21.6 Å². The number of anilines is 1. The quantitative estimate of drug-likeness (QED) is 0.856. The molecule has 2 rings (SSSR count). The Hall–Kier alpha value is -1.92. The van der Waals surface area contributed by atoms with Crippen molar-refractivity contribution >= 4 is 39.8 Å². The van der Waals surface area contributed by atoms with E-state index < -0.39 is 6.10 Å². The number of nitrogens with one attached hydrogen (secondary N) is 1. The molecule has 0 aliphatic carbocycles. The van der Waals surface area contributed by atoms with Crippen LogP contribution >= 0.6 is 22.9 Å². The van der Waals surface area contributed by atoms with Crippen LogP contribution in [0.15, 0.2) is 29.6 Å². The number of ether oxygens (including phenoxy) is 1. The number of nitrogens with zero attached hydrogens (tertiary/aromatic N) is 1. The van der Waals surface area contributed by atoms with Gasteiger partial charge in [0, 0.05) is 17.3 Å². The van der Waals surface area contributed by atoms with Crippen molar-refractivity contribution in [3.8, 4) is 5.75 Å². The van der Waals surface area contributed by atoms with Crippen LogP contribution in [-0.2, 0) is 4.79 Å². The number of carbonyl (C=O) groups excluding carboxylic acids is 2. The van der Waals surface area contributed by atoms with Crippen LogP contribution in [0.4, 0.5) is 5.13 Å². The van der Waals surface area contributed by atoms with Crippen LogP contribution < -0.4 is 10.1 Å². The molecular formula is C14H13ClN2O3S. The number of halogens is 1. The summed E-state index contributed by atoms with van der Waals surface area (Å²) < 4.78 is 5.50. The second kappa shape index (κ2) is 6.69. The standard InChI is InChI=1S/C14H13ClN2O3S/c1-8(18)12-7-21-14(16-12)17-13(19)9(2)20-11-5-3-4-10(15)6-11/h3-7,9H,1-2H3,(H,16,17,19). The molecule has 2 aromatic rings. The van der Waals surface area contributed by atoms with Crippen LogP contribution in [0.1, 0.15) is 24.3 Å². The summed E-state index contributed by atoms with van der Waals surface area (Å²) in [5.74, 6) is 0.0168. The van der Waals surface area contributed by atoms with E-state index >= 15 is 0 Å². The fraction of sp³-hybridized carbons (Fsp3) is 0.214. The van der Waals surface area contributed by atoms with Crippen molar-refractivity contribution in [1.82, 2.24) is 4.98 Å². The van der Waals surface area contributed by atoms with E-state index in [1.54, 1.807) is 36.6 Å². The van der Waals surface area contributed by atoms with Crippen molar-refractivity contribution in [1.29, 1.82) is 0 Å². The molecule has 1 N–H and O–H groups in total. The van der Waals surface area contributed by atoms with E-state index in [0.717, 1.165) is 0 Å². The number of thiazole rings is 1. The number of benzene rings is 1. The summed E-state index contributed by atoms with van der Waals surface area (Å²) in [6.45, 7) is 3.04. The first-order valence-electron chi connectivity index (χ1n) is 6.15. The summed E-state index contributed by atoms with van der Waals surface area (Å²) in [7, 11) is 0. The molecule has 0 spiro atoms. The molecule has 1 atom stereocenters. The van der Waals surface area contributed by atoms with Gasteiger partial charge in [-0.25, -0.2) is 4.98 Å². The van der Waals surface area contributed by atoms with Crippen LogP contribution in [0, 0.1) is 0 Å². The molecule has 0 saturated carbocycles. The fourth-order valence-electron chi connectivity index (χ4n) is 1.50. The maximum absolute atomic E-state index is 12.0. The lowest BCUT2D eigenvalue weighted by Crippen LogP contribution is -2.30. The van der Waals surface area contributed by atoms with Crippen molar-refractivity contribution in [3.63, 3.8) is 0 Å². The number of carbonyl (C=O) groups is 2.